The van der Waals surface area contributed by atoms with Crippen molar-refractivity contribution in [1.82, 2.24) is 5.32 Å². The summed E-state index contributed by atoms with van der Waals surface area (Å²) in [4.78, 5) is 11.8. The number of nitrogens with one attached hydrogen (secondary N) is 1. The highest BCUT2D eigenvalue weighted by molar-refractivity contribution is 5.94. The Morgan fingerprint density at radius 1 is 1.50 bits per heavy atom. The van der Waals surface area contributed by atoms with Crippen LogP contribution in [0, 0.1) is 11.8 Å². The molecule has 1 rings (SSSR count). The molecule has 0 bridgehead atoms. The molecule has 0 radical (unpaired) electrons. The molecule has 0 aliphatic rings. The van der Waals surface area contributed by atoms with Gasteiger partial charge in [-0.3, -0.25) is 4.79 Å². The third kappa shape index (κ3) is 5.00. The van der Waals surface area contributed by atoms with E-state index >= 15 is 0 Å². The van der Waals surface area contributed by atoms with Gasteiger partial charge in [-0.05, 0) is 24.6 Å². The van der Waals surface area contributed by atoms with Crippen LogP contribution in [0.2, 0.25) is 0 Å². The molecule has 0 unspecified atom stereocenters. The van der Waals surface area contributed by atoms with Gasteiger partial charge in [-0.25, -0.2) is 0 Å². The number of aliphatic hydroxyl groups is 1. The molecule has 1 amide bonds. The molecule has 0 aromatic heterocycles. The standard InChI is InChI=1S/C14H17NO3/c1-18-10-4-8-15-14(17)13-7-2-5-12(11-13)6-3-9-16/h2,5,7,11,16H,4,8-10H2,1H3,(H,15,17). The molecule has 2 N–H and O–H groups in total. The number of methoxy groups -OCH3 is 1. The molecule has 96 valence electrons. The zero-order chi connectivity index (χ0) is 13.2. The zero-order valence-corrected chi connectivity index (χ0v) is 10.4. The van der Waals surface area contributed by atoms with Gasteiger partial charge in [0.05, 0.1) is 0 Å². The molecule has 0 aliphatic carbocycles. The Morgan fingerprint density at radius 2 is 2.33 bits per heavy atom. The first kappa shape index (κ1) is 14.2. The average Bonchev–Trinajstić information content (AvgIpc) is 2.41. The maximum Gasteiger partial charge on any atom is 0.251 e. The van der Waals surface area contributed by atoms with E-state index in [0.29, 0.717) is 24.3 Å². The molecule has 0 saturated heterocycles. The van der Waals surface area contributed by atoms with E-state index in [-0.39, 0.29) is 12.5 Å². The van der Waals surface area contributed by atoms with Crippen LogP contribution >= 0.6 is 0 Å². The summed E-state index contributed by atoms with van der Waals surface area (Å²) >= 11 is 0. The summed E-state index contributed by atoms with van der Waals surface area (Å²) in [6, 6.07) is 7.00. The van der Waals surface area contributed by atoms with Crippen molar-refractivity contribution in [2.24, 2.45) is 0 Å². The number of hydrogen-bond donors (Lipinski definition) is 2. The minimum Gasteiger partial charge on any atom is -0.385 e. The smallest absolute Gasteiger partial charge is 0.251 e. The van der Waals surface area contributed by atoms with Crippen molar-refractivity contribution in [3.8, 4) is 11.8 Å². The molecule has 0 atom stereocenters. The van der Waals surface area contributed by atoms with Gasteiger partial charge >= 0.3 is 0 Å². The first-order valence-electron chi connectivity index (χ1n) is 5.75. The van der Waals surface area contributed by atoms with E-state index in [1.54, 1.807) is 31.4 Å². The van der Waals surface area contributed by atoms with Crippen LogP contribution in [0.5, 0.6) is 0 Å². The van der Waals surface area contributed by atoms with E-state index in [0.717, 1.165) is 6.42 Å². The number of aliphatic hydroxyl groups excluding tert-OH is 1. The van der Waals surface area contributed by atoms with Gasteiger partial charge in [-0.1, -0.05) is 17.9 Å². The molecule has 4 nitrogen and oxygen atoms in total. The van der Waals surface area contributed by atoms with E-state index < -0.39 is 0 Å². The molecule has 0 fully saturated rings. The molecule has 1 aromatic rings. The van der Waals surface area contributed by atoms with Crippen LogP contribution in [0.25, 0.3) is 0 Å². The van der Waals surface area contributed by atoms with Gasteiger partial charge in [0.1, 0.15) is 6.61 Å². The van der Waals surface area contributed by atoms with Crippen LogP contribution in [0.4, 0.5) is 0 Å². The van der Waals surface area contributed by atoms with Crippen LogP contribution in [-0.4, -0.2) is 37.9 Å². The van der Waals surface area contributed by atoms with Crippen LogP contribution in [0.15, 0.2) is 24.3 Å². The van der Waals surface area contributed by atoms with E-state index in [9.17, 15) is 4.79 Å². The number of ether oxygens (including phenoxy) is 1. The van der Waals surface area contributed by atoms with Crippen molar-refractivity contribution < 1.29 is 14.6 Å². The molecule has 1 aromatic carbocycles. The lowest BCUT2D eigenvalue weighted by Gasteiger charge is -2.05. The number of amides is 1. The minimum atomic E-state index is -0.187. The fraction of sp³-hybridized carbons (Fsp3) is 0.357. The fourth-order valence-corrected chi connectivity index (χ4v) is 1.40. The summed E-state index contributed by atoms with van der Waals surface area (Å²) in [6.45, 7) is 1.02. The molecule has 0 heterocycles. The van der Waals surface area contributed by atoms with Gasteiger partial charge in [0, 0.05) is 31.4 Å². The summed E-state index contributed by atoms with van der Waals surface area (Å²) < 4.78 is 4.90. The molecular formula is C14H17NO3. The van der Waals surface area contributed by atoms with Crippen LogP contribution in [-0.2, 0) is 4.74 Å². The number of carbonyl (C=O) groups excluding carboxylic acids is 1. The third-order valence-electron chi connectivity index (χ3n) is 2.25. The second-order valence-corrected chi connectivity index (χ2v) is 3.64. The molecule has 0 spiro atoms. The monoisotopic (exact) mass is 247 g/mol. The third-order valence-corrected chi connectivity index (χ3v) is 2.25. The summed E-state index contributed by atoms with van der Waals surface area (Å²) in [7, 11) is 1.63. The molecule has 4 heteroatoms. The second-order valence-electron chi connectivity index (χ2n) is 3.64. The summed E-state index contributed by atoms with van der Waals surface area (Å²) in [6.07, 6.45) is 0.784. The Bertz CT molecular complexity index is 446. The van der Waals surface area contributed by atoms with Gasteiger partial charge in [0.25, 0.3) is 5.91 Å². The fourth-order valence-electron chi connectivity index (χ4n) is 1.40. The van der Waals surface area contributed by atoms with Crippen LogP contribution < -0.4 is 5.32 Å². The highest BCUT2D eigenvalue weighted by atomic mass is 16.5. The average molecular weight is 247 g/mol. The Labute approximate surface area is 107 Å². The molecular weight excluding hydrogens is 230 g/mol. The van der Waals surface area contributed by atoms with Gasteiger partial charge in [0.15, 0.2) is 0 Å². The predicted octanol–water partition coefficient (Wildman–Crippen LogP) is 0.797. The lowest BCUT2D eigenvalue weighted by molar-refractivity contribution is 0.0948. The van der Waals surface area contributed by atoms with Crippen molar-refractivity contribution in [3.63, 3.8) is 0 Å². The lowest BCUT2D eigenvalue weighted by Crippen LogP contribution is -2.25. The summed E-state index contributed by atoms with van der Waals surface area (Å²) in [5.74, 6) is 5.19. The van der Waals surface area contributed by atoms with E-state index in [1.807, 2.05) is 0 Å². The Morgan fingerprint density at radius 3 is 3.06 bits per heavy atom. The Balaban J connectivity index is 2.57. The van der Waals surface area contributed by atoms with Crippen molar-refractivity contribution in [1.29, 1.82) is 0 Å². The highest BCUT2D eigenvalue weighted by Gasteiger charge is 2.04. The van der Waals surface area contributed by atoms with Crippen LogP contribution in [0.1, 0.15) is 22.3 Å². The predicted molar refractivity (Wildman–Crippen MR) is 69.2 cm³/mol. The van der Waals surface area contributed by atoms with Gasteiger partial charge in [-0.2, -0.15) is 0 Å². The first-order valence-corrected chi connectivity index (χ1v) is 5.75. The normalized spacial score (nSPS) is 9.44. The van der Waals surface area contributed by atoms with Crippen molar-refractivity contribution in [2.45, 2.75) is 6.42 Å². The van der Waals surface area contributed by atoms with Gasteiger partial charge in [-0.15, -0.1) is 0 Å². The molecule has 0 saturated carbocycles. The number of benzene rings is 1. The SMILES string of the molecule is COCCCNC(=O)c1cccc(C#CCO)c1. The quantitative estimate of drug-likeness (QED) is 0.597. The highest BCUT2D eigenvalue weighted by Crippen LogP contribution is 2.04. The van der Waals surface area contributed by atoms with Crippen LogP contribution in [0.3, 0.4) is 0 Å². The second kappa shape index (κ2) is 8.29. The van der Waals surface area contributed by atoms with Gasteiger partial charge < -0.3 is 15.2 Å². The van der Waals surface area contributed by atoms with Crippen molar-refractivity contribution in [3.05, 3.63) is 35.4 Å². The number of carbonyl (C=O) groups is 1. The van der Waals surface area contributed by atoms with E-state index in [2.05, 4.69) is 17.2 Å². The first-order chi connectivity index (χ1) is 8.77. The largest absolute Gasteiger partial charge is 0.385 e. The number of hydrogen-bond acceptors (Lipinski definition) is 3. The molecule has 0 aliphatic heterocycles. The van der Waals surface area contributed by atoms with E-state index in [1.165, 1.54) is 0 Å². The summed E-state index contributed by atoms with van der Waals surface area (Å²) in [5, 5.41) is 11.4. The van der Waals surface area contributed by atoms with E-state index in [4.69, 9.17) is 9.84 Å². The number of rotatable bonds is 5. The zero-order valence-electron chi connectivity index (χ0n) is 10.4. The minimum absolute atomic E-state index is 0.126. The summed E-state index contributed by atoms with van der Waals surface area (Å²) in [5.41, 5.74) is 1.28. The maximum absolute atomic E-state index is 11.8. The topological polar surface area (TPSA) is 58.6 Å². The maximum atomic E-state index is 11.8. The van der Waals surface area contributed by atoms with Crippen molar-refractivity contribution in [2.75, 3.05) is 26.9 Å². The van der Waals surface area contributed by atoms with Crippen molar-refractivity contribution >= 4 is 5.91 Å². The van der Waals surface area contributed by atoms with Gasteiger partial charge in [0.2, 0.25) is 0 Å². The molecule has 18 heavy (non-hydrogen) atoms. The Kier molecular flexibility index (Phi) is 6.55. The Hall–Kier alpha value is -1.83. The lowest BCUT2D eigenvalue weighted by atomic mass is 10.1.